The summed E-state index contributed by atoms with van der Waals surface area (Å²) in [5.74, 6) is -0.0589. The van der Waals surface area contributed by atoms with E-state index in [2.05, 4.69) is 11.6 Å². The number of ether oxygens (including phenoxy) is 1. The van der Waals surface area contributed by atoms with E-state index in [0.717, 1.165) is 42.1 Å². The van der Waals surface area contributed by atoms with Crippen molar-refractivity contribution in [2.24, 2.45) is 0 Å². The second-order valence-electron chi connectivity index (χ2n) is 10.7. The highest BCUT2D eigenvalue weighted by molar-refractivity contribution is 7.99. The van der Waals surface area contributed by atoms with Gasteiger partial charge in [-0.1, -0.05) is 18.7 Å². The number of carbonyl (C=O) groups excluding carboxylic acids is 1. The number of hydrogen-bond acceptors (Lipinski definition) is 6. The van der Waals surface area contributed by atoms with Gasteiger partial charge in [-0.25, -0.2) is 4.79 Å². The molecule has 0 saturated carbocycles. The van der Waals surface area contributed by atoms with Crippen molar-refractivity contribution >= 4 is 34.4 Å². The van der Waals surface area contributed by atoms with Crippen molar-refractivity contribution in [1.82, 2.24) is 14.5 Å². The van der Waals surface area contributed by atoms with Gasteiger partial charge in [0.25, 0.3) is 0 Å². The van der Waals surface area contributed by atoms with E-state index in [-0.39, 0.29) is 76.2 Å². The van der Waals surface area contributed by atoms with Gasteiger partial charge >= 0.3 is 18.0 Å². The standard InChI is InChI=1S/C29H28F6N4O3S/c1-5-22(40)38-15(2)11-37(12-16(38)3)26-20-10-21(29(33,34)35)23(17-6-8-18(9-7-17)28(30,31)32)25-24(20)39(27(41)36-26)19(13-42-4)14-43-25/h5-10,15-16,19H,1,11-14H2,2-4H3/t15-,16+,19?. The average Bonchev–Trinajstić information content (AvgIpc) is 2.93. The Morgan fingerprint density at radius 1 is 1.09 bits per heavy atom. The van der Waals surface area contributed by atoms with Crippen molar-refractivity contribution < 1.29 is 35.9 Å². The number of halogens is 6. The van der Waals surface area contributed by atoms with E-state index in [9.17, 15) is 35.9 Å². The Labute approximate surface area is 247 Å². The molecule has 1 saturated heterocycles. The van der Waals surface area contributed by atoms with Crippen LogP contribution >= 0.6 is 11.8 Å². The van der Waals surface area contributed by atoms with Gasteiger partial charge in [-0.3, -0.25) is 9.36 Å². The van der Waals surface area contributed by atoms with Crippen LogP contribution in [0.25, 0.3) is 22.0 Å². The Bertz CT molecular complexity index is 1630. The molecule has 0 bridgehead atoms. The predicted molar refractivity (Wildman–Crippen MR) is 151 cm³/mol. The minimum atomic E-state index is -4.89. The molecule has 2 aliphatic heterocycles. The first-order chi connectivity index (χ1) is 20.2. The quantitative estimate of drug-likeness (QED) is 0.256. The Morgan fingerprint density at radius 3 is 2.26 bits per heavy atom. The van der Waals surface area contributed by atoms with Crippen LogP contribution in [0.1, 0.15) is 31.0 Å². The molecule has 1 fully saturated rings. The summed E-state index contributed by atoms with van der Waals surface area (Å²) in [4.78, 5) is 33.8. The van der Waals surface area contributed by atoms with Gasteiger partial charge in [-0.2, -0.15) is 31.3 Å². The Kier molecular flexibility index (Phi) is 8.05. The lowest BCUT2D eigenvalue weighted by atomic mass is 9.95. The SMILES string of the molecule is C=CC(=O)N1[C@H](C)CN(c2nc(=O)n3c4c(c(-c5ccc(C(F)(F)F)cc5)c(C(F)(F)F)cc24)SCC3COC)C[C@@H]1C. The van der Waals surface area contributed by atoms with Crippen LogP contribution in [0.5, 0.6) is 0 Å². The van der Waals surface area contributed by atoms with Crippen LogP contribution in [0.2, 0.25) is 0 Å². The predicted octanol–water partition coefficient (Wildman–Crippen LogP) is 6.01. The smallest absolute Gasteiger partial charge is 0.383 e. The summed E-state index contributed by atoms with van der Waals surface area (Å²) in [6, 6.07) is 3.15. The summed E-state index contributed by atoms with van der Waals surface area (Å²) in [6.45, 7) is 7.60. The maximum Gasteiger partial charge on any atom is 0.417 e. The third-order valence-corrected chi connectivity index (χ3v) is 8.98. The van der Waals surface area contributed by atoms with E-state index < -0.39 is 35.2 Å². The molecule has 1 aromatic heterocycles. The number of aromatic nitrogens is 2. The Morgan fingerprint density at radius 2 is 1.72 bits per heavy atom. The monoisotopic (exact) mass is 626 g/mol. The van der Waals surface area contributed by atoms with Crippen LogP contribution in [0.4, 0.5) is 32.2 Å². The maximum atomic E-state index is 14.8. The molecule has 3 heterocycles. The Hall–Kier alpha value is -3.52. The number of nitrogens with zero attached hydrogens (tertiary/aromatic N) is 4. The molecule has 1 amide bonds. The maximum absolute atomic E-state index is 14.8. The normalized spacial score (nSPS) is 20.9. The van der Waals surface area contributed by atoms with E-state index in [1.807, 2.05) is 0 Å². The van der Waals surface area contributed by atoms with Gasteiger partial charge in [0, 0.05) is 53.9 Å². The fraction of sp³-hybridized carbons (Fsp3) is 0.414. The fourth-order valence-electron chi connectivity index (χ4n) is 6.02. The van der Waals surface area contributed by atoms with Crippen LogP contribution in [0.15, 0.2) is 52.7 Å². The van der Waals surface area contributed by atoms with Crippen molar-refractivity contribution in [2.45, 2.75) is 49.2 Å². The van der Waals surface area contributed by atoms with E-state index >= 15 is 0 Å². The van der Waals surface area contributed by atoms with Crippen molar-refractivity contribution in [3.8, 4) is 11.1 Å². The molecule has 230 valence electrons. The van der Waals surface area contributed by atoms with Gasteiger partial charge in [0.2, 0.25) is 5.91 Å². The molecule has 0 aliphatic carbocycles. The van der Waals surface area contributed by atoms with Gasteiger partial charge in [0.05, 0.1) is 29.3 Å². The topological polar surface area (TPSA) is 67.7 Å². The van der Waals surface area contributed by atoms with Gasteiger partial charge in [-0.05, 0) is 43.7 Å². The lowest BCUT2D eigenvalue weighted by Gasteiger charge is -2.45. The summed E-state index contributed by atoms with van der Waals surface area (Å²) in [7, 11) is 1.44. The van der Waals surface area contributed by atoms with Crippen molar-refractivity contribution in [3.63, 3.8) is 0 Å². The minimum absolute atomic E-state index is 0.0463. The van der Waals surface area contributed by atoms with Crippen molar-refractivity contribution in [3.05, 3.63) is 64.6 Å². The number of amides is 1. The first kappa shape index (κ1) is 30.9. The molecule has 0 N–H and O–H groups in total. The summed E-state index contributed by atoms with van der Waals surface area (Å²) in [5.41, 5.74) is -2.89. The summed E-state index contributed by atoms with van der Waals surface area (Å²) in [6.07, 6.45) is -8.36. The average molecular weight is 627 g/mol. The summed E-state index contributed by atoms with van der Waals surface area (Å²) >= 11 is 1.09. The minimum Gasteiger partial charge on any atom is -0.383 e. The number of hydrogen-bond donors (Lipinski definition) is 0. The second-order valence-corrected chi connectivity index (χ2v) is 11.7. The molecule has 7 nitrogen and oxygen atoms in total. The first-order valence-corrected chi connectivity index (χ1v) is 14.3. The van der Waals surface area contributed by atoms with Crippen LogP contribution < -0.4 is 10.6 Å². The van der Waals surface area contributed by atoms with Gasteiger partial charge in [0.15, 0.2) is 0 Å². The molecule has 3 aromatic rings. The summed E-state index contributed by atoms with van der Waals surface area (Å²) < 4.78 is 90.7. The van der Waals surface area contributed by atoms with Crippen LogP contribution in [-0.4, -0.2) is 65.0 Å². The third-order valence-electron chi connectivity index (χ3n) is 7.74. The molecular formula is C29H28F6N4O3S. The van der Waals surface area contributed by atoms with E-state index in [1.165, 1.54) is 17.8 Å². The zero-order chi connectivity index (χ0) is 31.4. The molecule has 0 radical (unpaired) electrons. The van der Waals surface area contributed by atoms with Crippen LogP contribution in [0, 0.1) is 0 Å². The molecular weight excluding hydrogens is 598 g/mol. The lowest BCUT2D eigenvalue weighted by molar-refractivity contribution is -0.138. The number of alkyl halides is 6. The number of methoxy groups -OCH3 is 1. The number of benzene rings is 2. The van der Waals surface area contributed by atoms with Crippen LogP contribution in [-0.2, 0) is 21.9 Å². The second kappa shape index (κ2) is 11.2. The first-order valence-electron chi connectivity index (χ1n) is 13.4. The van der Waals surface area contributed by atoms with E-state index in [0.29, 0.717) is 0 Å². The van der Waals surface area contributed by atoms with Crippen molar-refractivity contribution in [2.75, 3.05) is 37.5 Å². The molecule has 14 heteroatoms. The number of anilines is 1. The molecule has 0 spiro atoms. The zero-order valence-corrected chi connectivity index (χ0v) is 24.2. The highest BCUT2D eigenvalue weighted by Gasteiger charge is 2.41. The number of thioether (sulfide) groups is 1. The third kappa shape index (κ3) is 5.50. The molecule has 3 atom stereocenters. The largest absolute Gasteiger partial charge is 0.417 e. The Balaban J connectivity index is 1.80. The van der Waals surface area contributed by atoms with Gasteiger partial charge in [-0.15, -0.1) is 11.8 Å². The zero-order valence-electron chi connectivity index (χ0n) is 23.4. The number of rotatable bonds is 5. The van der Waals surface area contributed by atoms with E-state index in [4.69, 9.17) is 4.74 Å². The highest BCUT2D eigenvalue weighted by atomic mass is 32.2. The molecule has 43 heavy (non-hydrogen) atoms. The highest BCUT2D eigenvalue weighted by Crippen LogP contribution is 2.50. The lowest BCUT2D eigenvalue weighted by Crippen LogP contribution is -2.58. The fourth-order valence-corrected chi connectivity index (χ4v) is 7.34. The van der Waals surface area contributed by atoms with Crippen molar-refractivity contribution in [1.29, 1.82) is 0 Å². The molecule has 2 aromatic carbocycles. The van der Waals surface area contributed by atoms with Gasteiger partial charge in [0.1, 0.15) is 5.82 Å². The molecule has 5 rings (SSSR count). The van der Waals surface area contributed by atoms with Gasteiger partial charge < -0.3 is 14.5 Å². The number of piperazine rings is 1. The summed E-state index contributed by atoms with van der Waals surface area (Å²) in [5, 5.41) is 0.0776. The number of carbonyl (C=O) groups is 1. The van der Waals surface area contributed by atoms with E-state index in [1.54, 1.807) is 23.6 Å². The molecule has 2 aliphatic rings. The van der Waals surface area contributed by atoms with Crippen LogP contribution in [0.3, 0.4) is 0 Å². The molecule has 1 unspecified atom stereocenters.